The van der Waals surface area contributed by atoms with Crippen LogP contribution in [0.4, 0.5) is 5.82 Å². The van der Waals surface area contributed by atoms with Gasteiger partial charge in [0.05, 0.1) is 0 Å². The Kier molecular flexibility index (Phi) is 3.01. The molecular formula is C10H16N4O. The predicted molar refractivity (Wildman–Crippen MR) is 59.2 cm³/mol. The van der Waals surface area contributed by atoms with Gasteiger partial charge in [-0.05, 0) is 20.0 Å². The second-order valence-electron chi connectivity index (χ2n) is 3.89. The van der Waals surface area contributed by atoms with Crippen LogP contribution in [0.5, 0.6) is 0 Å². The van der Waals surface area contributed by atoms with Crippen molar-refractivity contribution in [2.45, 2.75) is 6.42 Å². The molecule has 0 amide bonds. The molecule has 1 aliphatic heterocycles. The van der Waals surface area contributed by atoms with Gasteiger partial charge in [-0.25, -0.2) is 4.98 Å². The molecule has 0 aromatic carbocycles. The highest BCUT2D eigenvalue weighted by atomic mass is 16.1. The van der Waals surface area contributed by atoms with Gasteiger partial charge in [-0.1, -0.05) is 0 Å². The number of hydrogen-bond donors (Lipinski definition) is 1. The van der Waals surface area contributed by atoms with Crippen molar-refractivity contribution in [1.29, 1.82) is 0 Å². The Balaban J connectivity index is 2.17. The van der Waals surface area contributed by atoms with Gasteiger partial charge in [0.25, 0.3) is 5.56 Å². The minimum atomic E-state index is -0.0953. The fraction of sp³-hybridized carbons (Fsp3) is 0.600. The summed E-state index contributed by atoms with van der Waals surface area (Å²) in [5.74, 6) is 0.549. The molecule has 2 heterocycles. The van der Waals surface area contributed by atoms with Crippen LogP contribution >= 0.6 is 0 Å². The maximum atomic E-state index is 11.5. The van der Waals surface area contributed by atoms with Crippen LogP contribution in [0.15, 0.2) is 17.2 Å². The molecule has 0 radical (unpaired) electrons. The van der Waals surface area contributed by atoms with Gasteiger partial charge in [-0.15, -0.1) is 0 Å². The first-order chi connectivity index (χ1) is 7.27. The summed E-state index contributed by atoms with van der Waals surface area (Å²) >= 11 is 0. The summed E-state index contributed by atoms with van der Waals surface area (Å²) in [4.78, 5) is 22.7. The summed E-state index contributed by atoms with van der Waals surface area (Å²) < 4.78 is 0. The topological polar surface area (TPSA) is 52.2 Å². The van der Waals surface area contributed by atoms with Gasteiger partial charge in [-0.3, -0.25) is 4.79 Å². The highest BCUT2D eigenvalue weighted by Crippen LogP contribution is 2.07. The minimum absolute atomic E-state index is 0.0953. The zero-order valence-electron chi connectivity index (χ0n) is 8.94. The number of nitrogens with one attached hydrogen (secondary N) is 1. The Labute approximate surface area is 88.7 Å². The molecule has 1 fully saturated rings. The van der Waals surface area contributed by atoms with Crippen molar-refractivity contribution in [1.82, 2.24) is 14.9 Å². The van der Waals surface area contributed by atoms with E-state index in [0.29, 0.717) is 5.82 Å². The van der Waals surface area contributed by atoms with E-state index in [0.717, 1.165) is 32.6 Å². The van der Waals surface area contributed by atoms with E-state index < -0.39 is 0 Å². The van der Waals surface area contributed by atoms with E-state index in [1.54, 1.807) is 12.4 Å². The smallest absolute Gasteiger partial charge is 0.290 e. The first kappa shape index (κ1) is 10.2. The largest absolute Gasteiger partial charge is 0.351 e. The predicted octanol–water partition coefficient (Wildman–Crippen LogP) is -0.0882. The Morgan fingerprint density at radius 1 is 1.33 bits per heavy atom. The van der Waals surface area contributed by atoms with Gasteiger partial charge in [0.2, 0.25) is 0 Å². The highest BCUT2D eigenvalue weighted by molar-refractivity contribution is 5.35. The highest BCUT2D eigenvalue weighted by Gasteiger charge is 2.15. The van der Waals surface area contributed by atoms with E-state index >= 15 is 0 Å². The monoisotopic (exact) mass is 208 g/mol. The number of anilines is 1. The Bertz CT molecular complexity index is 376. The maximum Gasteiger partial charge on any atom is 0.290 e. The van der Waals surface area contributed by atoms with Crippen LogP contribution in [0.25, 0.3) is 0 Å². The SMILES string of the molecule is CN1CCCN(c2ncc[nH]c2=O)CC1. The molecule has 1 aromatic rings. The van der Waals surface area contributed by atoms with Crippen molar-refractivity contribution in [3.8, 4) is 0 Å². The van der Waals surface area contributed by atoms with E-state index in [2.05, 4.69) is 26.8 Å². The molecule has 0 saturated carbocycles. The van der Waals surface area contributed by atoms with Gasteiger partial charge >= 0.3 is 0 Å². The summed E-state index contributed by atoms with van der Waals surface area (Å²) in [5, 5.41) is 0. The number of aromatic amines is 1. The molecule has 2 rings (SSSR count). The Hall–Kier alpha value is -1.36. The van der Waals surface area contributed by atoms with Gasteiger partial charge in [0.1, 0.15) is 0 Å². The van der Waals surface area contributed by atoms with Crippen LogP contribution in [0.3, 0.4) is 0 Å². The van der Waals surface area contributed by atoms with Crippen molar-refractivity contribution >= 4 is 5.82 Å². The lowest BCUT2D eigenvalue weighted by molar-refractivity contribution is 0.360. The number of nitrogens with zero attached hydrogens (tertiary/aromatic N) is 3. The van der Waals surface area contributed by atoms with Crippen LogP contribution in [0.1, 0.15) is 6.42 Å². The van der Waals surface area contributed by atoms with E-state index in [9.17, 15) is 4.79 Å². The second kappa shape index (κ2) is 4.44. The third-order valence-electron chi connectivity index (χ3n) is 2.71. The normalized spacial score (nSPS) is 18.9. The van der Waals surface area contributed by atoms with E-state index in [-0.39, 0.29) is 5.56 Å². The Morgan fingerprint density at radius 2 is 2.20 bits per heavy atom. The minimum Gasteiger partial charge on any atom is -0.351 e. The number of hydrogen-bond acceptors (Lipinski definition) is 4. The van der Waals surface area contributed by atoms with Gasteiger partial charge < -0.3 is 14.8 Å². The van der Waals surface area contributed by atoms with Crippen LogP contribution in [0.2, 0.25) is 0 Å². The van der Waals surface area contributed by atoms with E-state index in [4.69, 9.17) is 0 Å². The standard InChI is InChI=1S/C10H16N4O/c1-13-5-2-6-14(8-7-13)9-10(15)12-4-3-11-9/h3-4H,2,5-8H2,1H3,(H,12,15). The molecule has 15 heavy (non-hydrogen) atoms. The molecule has 0 atom stereocenters. The van der Waals surface area contributed by atoms with Gasteiger partial charge in [0.15, 0.2) is 5.82 Å². The number of rotatable bonds is 1. The lowest BCUT2D eigenvalue weighted by Gasteiger charge is -2.20. The summed E-state index contributed by atoms with van der Waals surface area (Å²) in [6.45, 7) is 3.85. The van der Waals surface area contributed by atoms with Crippen LogP contribution in [-0.4, -0.2) is 48.1 Å². The van der Waals surface area contributed by atoms with E-state index in [1.807, 2.05) is 0 Å². The number of H-pyrrole nitrogens is 1. The molecular weight excluding hydrogens is 192 g/mol. The molecule has 82 valence electrons. The van der Waals surface area contributed by atoms with Crippen molar-refractivity contribution in [2.75, 3.05) is 38.1 Å². The summed E-state index contributed by atoms with van der Waals surface area (Å²) in [6, 6.07) is 0. The van der Waals surface area contributed by atoms with Crippen LogP contribution in [-0.2, 0) is 0 Å². The fourth-order valence-corrected chi connectivity index (χ4v) is 1.83. The van der Waals surface area contributed by atoms with Crippen molar-refractivity contribution in [3.63, 3.8) is 0 Å². The zero-order valence-corrected chi connectivity index (χ0v) is 8.94. The second-order valence-corrected chi connectivity index (χ2v) is 3.89. The summed E-state index contributed by atoms with van der Waals surface area (Å²) in [6.07, 6.45) is 4.27. The fourth-order valence-electron chi connectivity index (χ4n) is 1.83. The number of aromatic nitrogens is 2. The van der Waals surface area contributed by atoms with Crippen LogP contribution < -0.4 is 10.5 Å². The van der Waals surface area contributed by atoms with Crippen molar-refractivity contribution in [2.24, 2.45) is 0 Å². The maximum absolute atomic E-state index is 11.5. The summed E-state index contributed by atoms with van der Waals surface area (Å²) in [7, 11) is 2.10. The third kappa shape index (κ3) is 2.36. The molecule has 5 nitrogen and oxygen atoms in total. The molecule has 1 aromatic heterocycles. The molecule has 0 unspecified atom stereocenters. The molecule has 1 aliphatic rings. The average molecular weight is 208 g/mol. The molecule has 0 spiro atoms. The van der Waals surface area contributed by atoms with Gasteiger partial charge in [-0.2, -0.15) is 0 Å². The quantitative estimate of drug-likeness (QED) is 0.701. The molecule has 5 heteroatoms. The van der Waals surface area contributed by atoms with Crippen LogP contribution in [0, 0.1) is 0 Å². The lowest BCUT2D eigenvalue weighted by atomic mass is 10.4. The molecule has 1 saturated heterocycles. The first-order valence-electron chi connectivity index (χ1n) is 5.24. The summed E-state index contributed by atoms with van der Waals surface area (Å²) in [5.41, 5.74) is -0.0953. The number of likely N-dealkylation sites (N-methyl/N-ethyl adjacent to an activating group) is 1. The average Bonchev–Trinajstić information content (AvgIpc) is 2.44. The zero-order chi connectivity index (χ0) is 10.7. The lowest BCUT2D eigenvalue weighted by Crippen LogP contribution is -2.33. The van der Waals surface area contributed by atoms with Crippen molar-refractivity contribution in [3.05, 3.63) is 22.7 Å². The van der Waals surface area contributed by atoms with Crippen molar-refractivity contribution < 1.29 is 0 Å². The first-order valence-corrected chi connectivity index (χ1v) is 5.24. The Morgan fingerprint density at radius 3 is 3.00 bits per heavy atom. The molecule has 0 aliphatic carbocycles. The van der Waals surface area contributed by atoms with E-state index in [1.165, 1.54) is 0 Å². The van der Waals surface area contributed by atoms with Gasteiger partial charge in [0, 0.05) is 32.0 Å². The third-order valence-corrected chi connectivity index (χ3v) is 2.71. The molecule has 0 bridgehead atoms. The molecule has 1 N–H and O–H groups in total.